The first-order valence-electron chi connectivity index (χ1n) is 12.3. The second-order valence-corrected chi connectivity index (χ2v) is 12.1. The van der Waals surface area contributed by atoms with Crippen LogP contribution in [0.1, 0.15) is 34.4 Å². The number of nitrogens with one attached hydrogen (secondary N) is 2. The number of hydrogen-bond acceptors (Lipinski definition) is 10. The van der Waals surface area contributed by atoms with Crippen LogP contribution < -0.4 is 20.5 Å². The monoisotopic (exact) mass is 582 g/mol. The summed E-state index contributed by atoms with van der Waals surface area (Å²) in [5.41, 5.74) is 7.62. The van der Waals surface area contributed by atoms with Crippen LogP contribution in [0.5, 0.6) is 11.5 Å². The highest BCUT2D eigenvalue weighted by Gasteiger charge is 2.31. The molecule has 2 atom stereocenters. The van der Waals surface area contributed by atoms with E-state index in [-0.39, 0.29) is 29.5 Å². The van der Waals surface area contributed by atoms with Crippen molar-refractivity contribution >= 4 is 62.0 Å². The van der Waals surface area contributed by atoms with Crippen LogP contribution in [0, 0.1) is 5.41 Å². The zero-order valence-electron chi connectivity index (χ0n) is 20.8. The minimum atomic E-state index is -0.465. The maximum Gasteiger partial charge on any atom is 0.259 e. The predicted octanol–water partition coefficient (Wildman–Crippen LogP) is 4.05. The van der Waals surface area contributed by atoms with Crippen LogP contribution in [-0.2, 0) is 16.0 Å². The first kappa shape index (κ1) is 27.2. The quantitative estimate of drug-likeness (QED) is 0.193. The van der Waals surface area contributed by atoms with Crippen molar-refractivity contribution in [1.82, 2.24) is 10.2 Å². The van der Waals surface area contributed by atoms with Gasteiger partial charge in [-0.25, -0.2) is 0 Å². The largest absolute Gasteiger partial charge is 0.492 e. The smallest absolute Gasteiger partial charge is 0.259 e. The number of aromatic nitrogens is 2. The SMILES string of the molecule is N=C(CCSCCc1nnc(NC(=O)C2COc3ccccc32)s1)SC(N)=NC(=O)C1COc2ccccc21. The van der Waals surface area contributed by atoms with Gasteiger partial charge in [-0.15, -0.1) is 10.2 Å². The fraction of sp³-hybridized carbons (Fsp3) is 0.308. The molecule has 1 aromatic heterocycles. The number of amidine groups is 1. The molecule has 5 rings (SSSR count). The fourth-order valence-corrected chi connectivity index (χ4v) is 6.64. The molecule has 0 bridgehead atoms. The topological polar surface area (TPSA) is 153 Å². The minimum absolute atomic E-state index is 0.0653. The summed E-state index contributed by atoms with van der Waals surface area (Å²) in [7, 11) is 0. The Kier molecular flexibility index (Phi) is 8.79. The number of thioether (sulfide) groups is 2. The number of para-hydroxylation sites is 2. The molecule has 0 spiro atoms. The van der Waals surface area contributed by atoms with Crippen molar-refractivity contribution < 1.29 is 19.1 Å². The van der Waals surface area contributed by atoms with Crippen molar-refractivity contribution in [3.05, 3.63) is 64.7 Å². The van der Waals surface area contributed by atoms with Crippen molar-refractivity contribution in [2.75, 3.05) is 30.0 Å². The normalized spacial score (nSPS) is 17.6. The lowest BCUT2D eigenvalue weighted by Gasteiger charge is -2.07. The second-order valence-electron chi connectivity index (χ2n) is 8.72. The molecule has 3 heterocycles. The van der Waals surface area contributed by atoms with Gasteiger partial charge in [-0.3, -0.25) is 20.3 Å². The van der Waals surface area contributed by atoms with Crippen molar-refractivity contribution in [2.45, 2.75) is 24.7 Å². The summed E-state index contributed by atoms with van der Waals surface area (Å²) in [6.45, 7) is 0.568. The van der Waals surface area contributed by atoms with E-state index in [4.69, 9.17) is 20.6 Å². The van der Waals surface area contributed by atoms with Crippen LogP contribution in [0.25, 0.3) is 0 Å². The highest BCUT2D eigenvalue weighted by Crippen LogP contribution is 2.35. The van der Waals surface area contributed by atoms with Crippen molar-refractivity contribution in [3.8, 4) is 11.5 Å². The van der Waals surface area contributed by atoms with E-state index >= 15 is 0 Å². The van der Waals surface area contributed by atoms with Crippen LogP contribution in [0.3, 0.4) is 0 Å². The first-order valence-corrected chi connectivity index (χ1v) is 15.0. The van der Waals surface area contributed by atoms with Crippen LogP contribution in [0.4, 0.5) is 5.13 Å². The number of aryl methyl sites for hydroxylation is 1. The van der Waals surface area contributed by atoms with E-state index in [1.54, 1.807) is 11.8 Å². The van der Waals surface area contributed by atoms with Gasteiger partial charge in [0.2, 0.25) is 11.0 Å². The Morgan fingerprint density at radius 2 is 1.69 bits per heavy atom. The average Bonchev–Trinajstić information content (AvgIpc) is 3.66. The Hall–Kier alpha value is -3.42. The molecule has 2 aromatic carbocycles. The van der Waals surface area contributed by atoms with E-state index < -0.39 is 5.92 Å². The summed E-state index contributed by atoms with van der Waals surface area (Å²) in [4.78, 5) is 29.2. The van der Waals surface area contributed by atoms with Crippen LogP contribution in [0.15, 0.2) is 53.5 Å². The van der Waals surface area contributed by atoms with Gasteiger partial charge in [0.25, 0.3) is 5.91 Å². The lowest BCUT2D eigenvalue weighted by molar-refractivity contribution is -0.119. The maximum absolute atomic E-state index is 12.7. The Morgan fingerprint density at radius 3 is 2.44 bits per heavy atom. The molecule has 2 aliphatic heterocycles. The molecule has 2 aliphatic rings. The molecule has 4 N–H and O–H groups in total. The fourth-order valence-electron chi connectivity index (χ4n) is 4.16. The van der Waals surface area contributed by atoms with Gasteiger partial charge in [0.1, 0.15) is 41.6 Å². The number of carbonyl (C=O) groups is 2. The lowest BCUT2D eigenvalue weighted by Crippen LogP contribution is -2.22. The number of ether oxygens (including phenoxy) is 2. The number of nitrogens with zero attached hydrogens (tertiary/aromatic N) is 3. The highest BCUT2D eigenvalue weighted by molar-refractivity contribution is 8.26. The Bertz CT molecular complexity index is 1410. The molecule has 2 unspecified atom stereocenters. The molecule has 2 amide bonds. The first-order chi connectivity index (χ1) is 19.0. The van der Waals surface area contributed by atoms with Gasteiger partial charge >= 0.3 is 0 Å². The van der Waals surface area contributed by atoms with E-state index in [1.165, 1.54) is 11.3 Å². The van der Waals surface area contributed by atoms with Crippen LogP contribution in [-0.4, -0.2) is 56.9 Å². The molecule has 0 saturated carbocycles. The van der Waals surface area contributed by atoms with E-state index in [0.717, 1.165) is 45.2 Å². The van der Waals surface area contributed by atoms with Crippen molar-refractivity contribution in [3.63, 3.8) is 0 Å². The summed E-state index contributed by atoms with van der Waals surface area (Å²) in [5.74, 6) is 1.62. The third-order valence-corrected chi connectivity index (χ3v) is 8.73. The van der Waals surface area contributed by atoms with Crippen molar-refractivity contribution in [1.29, 1.82) is 5.41 Å². The summed E-state index contributed by atoms with van der Waals surface area (Å²) in [6, 6.07) is 14.9. The van der Waals surface area contributed by atoms with Gasteiger partial charge in [-0.1, -0.05) is 47.7 Å². The molecule has 3 aromatic rings. The molecule has 0 fully saturated rings. The molecule has 0 aliphatic carbocycles. The number of carbonyl (C=O) groups excluding carboxylic acids is 2. The van der Waals surface area contributed by atoms with E-state index in [9.17, 15) is 9.59 Å². The average molecular weight is 583 g/mol. The summed E-state index contributed by atoms with van der Waals surface area (Å²) in [5, 5.41) is 21.0. The number of amides is 2. The number of anilines is 1. The zero-order chi connectivity index (χ0) is 27.2. The number of hydrogen-bond donors (Lipinski definition) is 3. The molecule has 0 saturated heterocycles. The maximum atomic E-state index is 12.7. The zero-order valence-corrected chi connectivity index (χ0v) is 23.2. The summed E-state index contributed by atoms with van der Waals surface area (Å²) in [6.07, 6.45) is 1.22. The van der Waals surface area contributed by atoms with E-state index in [1.807, 2.05) is 48.5 Å². The highest BCUT2D eigenvalue weighted by atomic mass is 32.2. The number of benzene rings is 2. The predicted molar refractivity (Wildman–Crippen MR) is 155 cm³/mol. The van der Waals surface area contributed by atoms with E-state index in [2.05, 4.69) is 20.5 Å². The van der Waals surface area contributed by atoms with Crippen molar-refractivity contribution in [2.24, 2.45) is 10.7 Å². The number of aliphatic imine (C=N–C) groups is 1. The van der Waals surface area contributed by atoms with Gasteiger partial charge in [-0.2, -0.15) is 16.8 Å². The number of nitrogens with two attached hydrogens (primary N) is 1. The second kappa shape index (κ2) is 12.6. The molecular weight excluding hydrogens is 557 g/mol. The Balaban J connectivity index is 0.992. The third kappa shape index (κ3) is 6.78. The number of fused-ring (bicyclic) bond motifs is 2. The van der Waals surface area contributed by atoms with Crippen LogP contribution in [0.2, 0.25) is 0 Å². The lowest BCUT2D eigenvalue weighted by atomic mass is 10.0. The minimum Gasteiger partial charge on any atom is -0.492 e. The van der Waals surface area contributed by atoms with E-state index in [0.29, 0.717) is 35.4 Å². The Labute approximate surface area is 237 Å². The molecule has 0 radical (unpaired) electrons. The van der Waals surface area contributed by atoms with Crippen LogP contribution >= 0.6 is 34.9 Å². The van der Waals surface area contributed by atoms with Gasteiger partial charge < -0.3 is 15.2 Å². The summed E-state index contributed by atoms with van der Waals surface area (Å²) >= 11 is 4.04. The van der Waals surface area contributed by atoms with Gasteiger partial charge in [-0.05, 0) is 35.4 Å². The summed E-state index contributed by atoms with van der Waals surface area (Å²) < 4.78 is 11.1. The number of rotatable bonds is 9. The van der Waals surface area contributed by atoms with Gasteiger partial charge in [0.15, 0.2) is 5.17 Å². The molecule has 202 valence electrons. The molecule has 39 heavy (non-hydrogen) atoms. The Morgan fingerprint density at radius 1 is 1.03 bits per heavy atom. The molecular formula is C26H26N6O4S3. The third-order valence-electron chi connectivity index (χ3n) is 6.09. The van der Waals surface area contributed by atoms with Gasteiger partial charge in [0, 0.05) is 24.0 Å². The molecule has 13 heteroatoms. The standard InChI is InChI=1S/C26H26N6O4S3/c27-21(38-25(28)29-23(33)17-13-35-19-7-3-1-5-15(17)19)9-11-37-12-10-22-31-32-26(39-22)30-24(34)18-14-36-20-8-4-2-6-16(18)20/h1-8,17-18,27H,9-14H2,(H2,28,29,33)(H,30,32,34). The molecule has 10 nitrogen and oxygen atoms in total. The van der Waals surface area contributed by atoms with Gasteiger partial charge in [0.05, 0.1) is 5.04 Å².